The summed E-state index contributed by atoms with van der Waals surface area (Å²) in [6.45, 7) is 3.13. The van der Waals surface area contributed by atoms with Gasteiger partial charge < -0.3 is 5.32 Å². The summed E-state index contributed by atoms with van der Waals surface area (Å²) in [5, 5.41) is 8.22. The van der Waals surface area contributed by atoms with Crippen LogP contribution in [0.1, 0.15) is 37.1 Å². The highest BCUT2D eigenvalue weighted by Gasteiger charge is 2.33. The summed E-state index contributed by atoms with van der Waals surface area (Å²) in [6, 6.07) is 1.31. The fourth-order valence-electron chi connectivity index (χ4n) is 2.55. The summed E-state index contributed by atoms with van der Waals surface area (Å²) in [6.07, 6.45) is 5.98. The molecule has 1 saturated heterocycles. The summed E-state index contributed by atoms with van der Waals surface area (Å²) in [4.78, 5) is 0. The lowest BCUT2D eigenvalue weighted by molar-refractivity contribution is 0.509. The van der Waals surface area contributed by atoms with Gasteiger partial charge in [-0.3, -0.25) is 4.68 Å². The summed E-state index contributed by atoms with van der Waals surface area (Å²) >= 11 is 0. The van der Waals surface area contributed by atoms with Crippen molar-refractivity contribution in [1.82, 2.24) is 15.1 Å². The number of rotatable bonds is 1. The van der Waals surface area contributed by atoms with Crippen LogP contribution >= 0.6 is 0 Å². The normalized spacial score (nSPS) is 30.5. The van der Waals surface area contributed by atoms with Crippen LogP contribution in [0, 0.1) is 0 Å². The average molecular weight is 177 g/mol. The van der Waals surface area contributed by atoms with E-state index in [0.717, 1.165) is 13.0 Å². The zero-order valence-electron chi connectivity index (χ0n) is 7.95. The molecule has 70 valence electrons. The highest BCUT2D eigenvalue weighted by molar-refractivity contribution is 5.27. The van der Waals surface area contributed by atoms with Crippen LogP contribution in [0.15, 0.2) is 6.20 Å². The third-order valence-electron chi connectivity index (χ3n) is 3.25. The fourth-order valence-corrected chi connectivity index (χ4v) is 2.55. The monoisotopic (exact) mass is 177 g/mol. The number of hydrogen-bond donors (Lipinski definition) is 1. The van der Waals surface area contributed by atoms with E-state index in [0.29, 0.717) is 12.1 Å². The van der Waals surface area contributed by atoms with Crippen molar-refractivity contribution in [2.75, 3.05) is 0 Å². The van der Waals surface area contributed by atoms with E-state index in [4.69, 9.17) is 0 Å². The molecule has 13 heavy (non-hydrogen) atoms. The first-order valence-corrected chi connectivity index (χ1v) is 5.19. The van der Waals surface area contributed by atoms with Crippen LogP contribution < -0.4 is 5.32 Å². The van der Waals surface area contributed by atoms with Gasteiger partial charge in [0.1, 0.15) is 0 Å². The molecule has 0 spiro atoms. The minimum Gasteiger partial charge on any atom is -0.307 e. The van der Waals surface area contributed by atoms with Crippen molar-refractivity contribution in [3.63, 3.8) is 0 Å². The van der Waals surface area contributed by atoms with Crippen LogP contribution in [0.3, 0.4) is 0 Å². The lowest BCUT2D eigenvalue weighted by atomic mass is 10.0. The number of aromatic nitrogens is 2. The van der Waals surface area contributed by atoms with Gasteiger partial charge >= 0.3 is 0 Å². The van der Waals surface area contributed by atoms with Gasteiger partial charge in [-0.1, -0.05) is 0 Å². The van der Waals surface area contributed by atoms with Crippen LogP contribution in [-0.4, -0.2) is 15.8 Å². The summed E-state index contributed by atoms with van der Waals surface area (Å²) in [5.74, 6) is 0. The van der Waals surface area contributed by atoms with E-state index in [2.05, 4.69) is 28.2 Å². The second-order valence-corrected chi connectivity index (χ2v) is 4.08. The minimum atomic E-state index is 0.606. The standard InChI is InChI=1S/C10H15N3/c1-2-13-6-8-9-4-3-7(11-9)5-10(8)12-13/h6-7,9,11H,2-5H2,1H3. The number of fused-ring (bicyclic) bond motifs is 4. The van der Waals surface area contributed by atoms with Crippen molar-refractivity contribution in [2.24, 2.45) is 0 Å². The molecule has 0 radical (unpaired) electrons. The molecule has 3 heteroatoms. The molecule has 1 N–H and O–H groups in total. The van der Waals surface area contributed by atoms with Gasteiger partial charge in [-0.05, 0) is 19.8 Å². The quantitative estimate of drug-likeness (QED) is 0.699. The molecule has 0 saturated carbocycles. The zero-order valence-corrected chi connectivity index (χ0v) is 7.95. The van der Waals surface area contributed by atoms with Crippen LogP contribution in [-0.2, 0) is 13.0 Å². The molecule has 2 aliphatic rings. The third kappa shape index (κ3) is 1.03. The van der Waals surface area contributed by atoms with Crippen molar-refractivity contribution >= 4 is 0 Å². The van der Waals surface area contributed by atoms with E-state index in [1.165, 1.54) is 24.1 Å². The number of aryl methyl sites for hydroxylation is 1. The molecular formula is C10H15N3. The van der Waals surface area contributed by atoms with Crippen LogP contribution in [0.25, 0.3) is 0 Å². The Balaban J connectivity index is 2.04. The van der Waals surface area contributed by atoms with Crippen molar-refractivity contribution in [3.8, 4) is 0 Å². The maximum atomic E-state index is 4.59. The number of nitrogens with one attached hydrogen (secondary N) is 1. The summed E-state index contributed by atoms with van der Waals surface area (Å²) < 4.78 is 2.06. The third-order valence-corrected chi connectivity index (χ3v) is 3.25. The number of hydrogen-bond acceptors (Lipinski definition) is 2. The molecule has 1 aromatic heterocycles. The molecule has 0 aromatic carbocycles. The van der Waals surface area contributed by atoms with Gasteiger partial charge in [0.15, 0.2) is 0 Å². The van der Waals surface area contributed by atoms with Crippen molar-refractivity contribution < 1.29 is 0 Å². The van der Waals surface area contributed by atoms with E-state index in [1.54, 1.807) is 0 Å². The van der Waals surface area contributed by atoms with Crippen molar-refractivity contribution in [3.05, 3.63) is 17.5 Å². The summed E-state index contributed by atoms with van der Waals surface area (Å²) in [5.41, 5.74) is 2.80. The Morgan fingerprint density at radius 1 is 1.62 bits per heavy atom. The molecule has 2 aliphatic heterocycles. The minimum absolute atomic E-state index is 0.606. The lowest BCUT2D eigenvalue weighted by Gasteiger charge is -2.19. The first-order valence-electron chi connectivity index (χ1n) is 5.19. The van der Waals surface area contributed by atoms with Crippen LogP contribution in [0.5, 0.6) is 0 Å². The Bertz CT molecular complexity index is 329. The molecule has 2 unspecified atom stereocenters. The van der Waals surface area contributed by atoms with Crippen LogP contribution in [0.4, 0.5) is 0 Å². The largest absolute Gasteiger partial charge is 0.307 e. The molecular weight excluding hydrogens is 162 g/mol. The molecule has 3 heterocycles. The van der Waals surface area contributed by atoms with Gasteiger partial charge in [-0.2, -0.15) is 5.10 Å². The first-order chi connectivity index (χ1) is 6.36. The highest BCUT2D eigenvalue weighted by atomic mass is 15.3. The Labute approximate surface area is 78.1 Å². The molecule has 3 rings (SSSR count). The summed E-state index contributed by atoms with van der Waals surface area (Å²) in [7, 11) is 0. The maximum Gasteiger partial charge on any atom is 0.0687 e. The van der Waals surface area contributed by atoms with Crippen molar-refractivity contribution in [1.29, 1.82) is 0 Å². The number of nitrogens with zero attached hydrogens (tertiary/aromatic N) is 2. The van der Waals surface area contributed by atoms with Crippen molar-refractivity contribution in [2.45, 2.75) is 44.8 Å². The lowest BCUT2D eigenvalue weighted by Crippen LogP contribution is -2.31. The maximum absolute atomic E-state index is 4.59. The van der Waals surface area contributed by atoms with Gasteiger partial charge in [-0.25, -0.2) is 0 Å². The average Bonchev–Trinajstić information content (AvgIpc) is 2.71. The molecule has 3 nitrogen and oxygen atoms in total. The molecule has 2 atom stereocenters. The van der Waals surface area contributed by atoms with Gasteiger partial charge in [0, 0.05) is 36.8 Å². The SMILES string of the molecule is CCn1cc2c(n1)CC1CCC2N1. The van der Waals surface area contributed by atoms with E-state index in [-0.39, 0.29) is 0 Å². The Morgan fingerprint density at radius 3 is 3.38 bits per heavy atom. The molecule has 0 amide bonds. The van der Waals surface area contributed by atoms with E-state index in [1.807, 2.05) is 0 Å². The topological polar surface area (TPSA) is 29.9 Å². The van der Waals surface area contributed by atoms with Gasteiger partial charge in [-0.15, -0.1) is 0 Å². The molecule has 0 aliphatic carbocycles. The van der Waals surface area contributed by atoms with Gasteiger partial charge in [0.25, 0.3) is 0 Å². The van der Waals surface area contributed by atoms with E-state index in [9.17, 15) is 0 Å². The van der Waals surface area contributed by atoms with Gasteiger partial charge in [0.05, 0.1) is 5.69 Å². The fraction of sp³-hybridized carbons (Fsp3) is 0.700. The zero-order chi connectivity index (χ0) is 8.84. The molecule has 1 aromatic rings. The molecule has 1 fully saturated rings. The molecule has 2 bridgehead atoms. The Kier molecular flexibility index (Phi) is 1.50. The Morgan fingerprint density at radius 2 is 2.54 bits per heavy atom. The van der Waals surface area contributed by atoms with Gasteiger partial charge in [0.2, 0.25) is 0 Å². The predicted molar refractivity (Wildman–Crippen MR) is 50.5 cm³/mol. The van der Waals surface area contributed by atoms with E-state index < -0.39 is 0 Å². The first kappa shape index (κ1) is 7.56. The smallest absolute Gasteiger partial charge is 0.0687 e. The Hall–Kier alpha value is -0.830. The second-order valence-electron chi connectivity index (χ2n) is 4.08. The van der Waals surface area contributed by atoms with Crippen LogP contribution in [0.2, 0.25) is 0 Å². The van der Waals surface area contributed by atoms with E-state index >= 15 is 0 Å². The second kappa shape index (κ2) is 2.58. The predicted octanol–water partition coefficient (Wildman–Crippen LogP) is 1.25. The highest BCUT2D eigenvalue weighted by Crippen LogP contribution is 2.34.